The zero-order valence-electron chi connectivity index (χ0n) is 14.9. The van der Waals surface area contributed by atoms with Crippen molar-refractivity contribution in [2.24, 2.45) is 0 Å². The number of hydrogen-bond donors (Lipinski definition) is 2. The SMILES string of the molecule is Cc1nc(-c2cccc(NC(=O)NCCC3=CCCCC3)c2)oc1C. The lowest BCUT2D eigenvalue weighted by atomic mass is 9.97. The summed E-state index contributed by atoms with van der Waals surface area (Å²) in [4.78, 5) is 16.5. The highest BCUT2D eigenvalue weighted by Gasteiger charge is 2.10. The second-order valence-corrected chi connectivity index (χ2v) is 6.48. The van der Waals surface area contributed by atoms with Gasteiger partial charge in [0.15, 0.2) is 0 Å². The van der Waals surface area contributed by atoms with Crippen LogP contribution in [0.4, 0.5) is 10.5 Å². The number of carbonyl (C=O) groups is 1. The number of aryl methyl sites for hydroxylation is 2. The van der Waals surface area contributed by atoms with Crippen molar-refractivity contribution < 1.29 is 9.21 Å². The minimum atomic E-state index is -0.187. The Hall–Kier alpha value is -2.56. The van der Waals surface area contributed by atoms with E-state index in [1.807, 2.05) is 38.1 Å². The molecular formula is C20H25N3O2. The number of nitrogens with zero attached hydrogens (tertiary/aromatic N) is 1. The molecule has 3 rings (SSSR count). The number of amides is 2. The summed E-state index contributed by atoms with van der Waals surface area (Å²) in [6.45, 7) is 4.47. The van der Waals surface area contributed by atoms with Gasteiger partial charge in [-0.05, 0) is 64.2 Å². The summed E-state index contributed by atoms with van der Waals surface area (Å²) >= 11 is 0. The lowest BCUT2D eigenvalue weighted by molar-refractivity contribution is 0.252. The topological polar surface area (TPSA) is 67.2 Å². The van der Waals surface area contributed by atoms with Gasteiger partial charge < -0.3 is 15.1 Å². The lowest BCUT2D eigenvalue weighted by Crippen LogP contribution is -2.29. The van der Waals surface area contributed by atoms with E-state index in [0.29, 0.717) is 12.4 Å². The van der Waals surface area contributed by atoms with Gasteiger partial charge in [0.1, 0.15) is 5.76 Å². The van der Waals surface area contributed by atoms with Gasteiger partial charge in [0, 0.05) is 17.8 Å². The molecule has 1 aromatic carbocycles. The molecule has 5 heteroatoms. The molecule has 1 heterocycles. The number of urea groups is 1. The number of nitrogens with one attached hydrogen (secondary N) is 2. The Bertz CT molecular complexity index is 757. The molecule has 0 radical (unpaired) electrons. The van der Waals surface area contributed by atoms with E-state index in [2.05, 4.69) is 21.7 Å². The Kier molecular flexibility index (Phi) is 5.53. The molecule has 0 bridgehead atoms. The predicted molar refractivity (Wildman–Crippen MR) is 99.6 cm³/mol. The predicted octanol–water partition coefficient (Wildman–Crippen LogP) is 4.97. The molecule has 0 atom stereocenters. The van der Waals surface area contributed by atoms with Gasteiger partial charge in [-0.2, -0.15) is 0 Å². The van der Waals surface area contributed by atoms with E-state index in [4.69, 9.17) is 4.42 Å². The standard InChI is InChI=1S/C20H25N3O2/c1-14-15(2)25-19(22-14)17-9-6-10-18(13-17)23-20(24)21-12-11-16-7-4-3-5-8-16/h6-7,9-10,13H,3-5,8,11-12H2,1-2H3,(H2,21,23,24). The second-order valence-electron chi connectivity index (χ2n) is 6.48. The summed E-state index contributed by atoms with van der Waals surface area (Å²) in [7, 11) is 0. The third-order valence-corrected chi connectivity index (χ3v) is 4.51. The maximum Gasteiger partial charge on any atom is 0.319 e. The van der Waals surface area contributed by atoms with Crippen molar-refractivity contribution in [1.29, 1.82) is 0 Å². The van der Waals surface area contributed by atoms with E-state index in [9.17, 15) is 4.79 Å². The molecule has 2 N–H and O–H groups in total. The molecule has 5 nitrogen and oxygen atoms in total. The number of anilines is 1. The van der Waals surface area contributed by atoms with Crippen LogP contribution in [0.2, 0.25) is 0 Å². The molecule has 132 valence electrons. The quantitative estimate of drug-likeness (QED) is 0.756. The maximum absolute atomic E-state index is 12.1. The van der Waals surface area contributed by atoms with Gasteiger partial charge in [0.25, 0.3) is 0 Å². The normalized spacial score (nSPS) is 14.1. The van der Waals surface area contributed by atoms with Crippen LogP contribution >= 0.6 is 0 Å². The van der Waals surface area contributed by atoms with Crippen molar-refractivity contribution in [1.82, 2.24) is 10.3 Å². The van der Waals surface area contributed by atoms with E-state index in [1.165, 1.54) is 31.3 Å². The van der Waals surface area contributed by atoms with E-state index < -0.39 is 0 Å². The molecule has 2 amide bonds. The van der Waals surface area contributed by atoms with Crippen molar-refractivity contribution in [3.8, 4) is 11.5 Å². The highest BCUT2D eigenvalue weighted by molar-refractivity contribution is 5.89. The Morgan fingerprint density at radius 1 is 1.28 bits per heavy atom. The van der Waals surface area contributed by atoms with Crippen LogP contribution in [0, 0.1) is 13.8 Å². The Balaban J connectivity index is 1.54. The fourth-order valence-electron chi connectivity index (χ4n) is 2.97. The van der Waals surface area contributed by atoms with Crippen molar-refractivity contribution in [3.63, 3.8) is 0 Å². The average molecular weight is 339 g/mol. The Morgan fingerprint density at radius 2 is 2.16 bits per heavy atom. The van der Waals surface area contributed by atoms with E-state index in [0.717, 1.165) is 29.1 Å². The molecule has 0 fully saturated rings. The zero-order valence-corrected chi connectivity index (χ0v) is 14.9. The van der Waals surface area contributed by atoms with Gasteiger partial charge in [0.2, 0.25) is 5.89 Å². The molecule has 0 spiro atoms. The van der Waals surface area contributed by atoms with Crippen molar-refractivity contribution in [2.75, 3.05) is 11.9 Å². The Morgan fingerprint density at radius 3 is 2.88 bits per heavy atom. The van der Waals surface area contributed by atoms with Gasteiger partial charge in [-0.3, -0.25) is 0 Å². The number of allylic oxidation sites excluding steroid dienone is 1. The van der Waals surface area contributed by atoms with Crippen molar-refractivity contribution >= 4 is 11.7 Å². The fraction of sp³-hybridized carbons (Fsp3) is 0.400. The third kappa shape index (κ3) is 4.72. The summed E-state index contributed by atoms with van der Waals surface area (Å²) < 4.78 is 5.65. The fourth-order valence-corrected chi connectivity index (χ4v) is 2.97. The molecular weight excluding hydrogens is 314 g/mol. The van der Waals surface area contributed by atoms with Crippen LogP contribution in [0.5, 0.6) is 0 Å². The van der Waals surface area contributed by atoms with Gasteiger partial charge in [-0.25, -0.2) is 9.78 Å². The summed E-state index contributed by atoms with van der Waals surface area (Å²) in [5.41, 5.74) is 3.91. The average Bonchev–Trinajstić information content (AvgIpc) is 2.95. The van der Waals surface area contributed by atoms with E-state index >= 15 is 0 Å². The smallest absolute Gasteiger partial charge is 0.319 e. The van der Waals surface area contributed by atoms with Gasteiger partial charge >= 0.3 is 6.03 Å². The zero-order chi connectivity index (χ0) is 17.6. The van der Waals surface area contributed by atoms with Crippen molar-refractivity contribution in [3.05, 3.63) is 47.4 Å². The van der Waals surface area contributed by atoms with E-state index in [1.54, 1.807) is 0 Å². The molecule has 0 saturated heterocycles. The van der Waals surface area contributed by atoms with E-state index in [-0.39, 0.29) is 6.03 Å². The highest BCUT2D eigenvalue weighted by atomic mass is 16.4. The monoisotopic (exact) mass is 339 g/mol. The number of hydrogen-bond acceptors (Lipinski definition) is 3. The number of carbonyl (C=O) groups excluding carboxylic acids is 1. The first-order valence-corrected chi connectivity index (χ1v) is 8.89. The maximum atomic E-state index is 12.1. The molecule has 0 saturated carbocycles. The molecule has 1 aromatic heterocycles. The van der Waals surface area contributed by atoms with Crippen LogP contribution in [0.3, 0.4) is 0 Å². The number of benzene rings is 1. The first kappa shape index (κ1) is 17.3. The lowest BCUT2D eigenvalue weighted by Gasteiger charge is -2.13. The summed E-state index contributed by atoms with van der Waals surface area (Å²) in [6.07, 6.45) is 8.14. The van der Waals surface area contributed by atoms with Crippen molar-refractivity contribution in [2.45, 2.75) is 46.0 Å². The first-order valence-electron chi connectivity index (χ1n) is 8.89. The van der Waals surface area contributed by atoms with Crippen LogP contribution < -0.4 is 10.6 Å². The molecule has 1 aliphatic carbocycles. The van der Waals surface area contributed by atoms with Crippen LogP contribution in [0.15, 0.2) is 40.3 Å². The van der Waals surface area contributed by atoms with Gasteiger partial charge in [-0.1, -0.05) is 17.7 Å². The number of oxazole rings is 1. The summed E-state index contributed by atoms with van der Waals surface area (Å²) in [5.74, 6) is 1.38. The molecule has 25 heavy (non-hydrogen) atoms. The van der Waals surface area contributed by atoms with Crippen LogP contribution in [-0.4, -0.2) is 17.6 Å². The molecule has 0 unspecified atom stereocenters. The molecule has 0 aliphatic heterocycles. The van der Waals surface area contributed by atoms with Crippen LogP contribution in [-0.2, 0) is 0 Å². The highest BCUT2D eigenvalue weighted by Crippen LogP contribution is 2.24. The third-order valence-electron chi connectivity index (χ3n) is 4.51. The van der Waals surface area contributed by atoms with Crippen LogP contribution in [0.1, 0.15) is 43.6 Å². The number of rotatable bonds is 5. The summed E-state index contributed by atoms with van der Waals surface area (Å²) in [6, 6.07) is 7.34. The molecule has 1 aliphatic rings. The minimum Gasteiger partial charge on any atom is -0.441 e. The van der Waals surface area contributed by atoms with Crippen LogP contribution in [0.25, 0.3) is 11.5 Å². The van der Waals surface area contributed by atoms with Gasteiger partial charge in [0.05, 0.1) is 5.69 Å². The largest absolute Gasteiger partial charge is 0.441 e. The number of aromatic nitrogens is 1. The second kappa shape index (κ2) is 8.01. The first-order chi connectivity index (χ1) is 12.1. The Labute approximate surface area is 148 Å². The van der Waals surface area contributed by atoms with Gasteiger partial charge in [-0.15, -0.1) is 0 Å². The molecule has 2 aromatic rings. The minimum absolute atomic E-state index is 0.187. The summed E-state index contributed by atoms with van der Waals surface area (Å²) in [5, 5.41) is 5.79.